The lowest BCUT2D eigenvalue weighted by molar-refractivity contribution is -0.000328. The molecule has 19 heavy (non-hydrogen) atoms. The van der Waals surface area contributed by atoms with Crippen LogP contribution in [0.4, 0.5) is 0 Å². The molecule has 116 valence electrons. The molecule has 8 heteroatoms. The first-order valence-corrected chi connectivity index (χ1v) is 7.91. The van der Waals surface area contributed by atoms with E-state index in [1.165, 1.54) is 0 Å². The van der Waals surface area contributed by atoms with Crippen molar-refractivity contribution in [1.82, 2.24) is 4.72 Å². The van der Waals surface area contributed by atoms with E-state index >= 15 is 0 Å². The highest BCUT2D eigenvalue weighted by Gasteiger charge is 1.93. The fourth-order valence-electron chi connectivity index (χ4n) is 1.10. The number of hydrogen-bond acceptors (Lipinski definition) is 6. The number of ether oxygens (including phenoxy) is 4. The average Bonchev–Trinajstić information content (AvgIpc) is 2.39. The van der Waals surface area contributed by atoms with E-state index in [4.69, 9.17) is 24.7 Å². The van der Waals surface area contributed by atoms with Gasteiger partial charge in [0.05, 0.1) is 63.8 Å². The van der Waals surface area contributed by atoms with E-state index in [2.05, 4.69) is 4.72 Å². The van der Waals surface area contributed by atoms with Gasteiger partial charge in [0.1, 0.15) is 0 Å². The maximum atomic E-state index is 10.7. The normalized spacial score (nSPS) is 12.7. The minimum Gasteiger partial charge on any atom is -0.378 e. The summed E-state index contributed by atoms with van der Waals surface area (Å²) < 4.78 is 34.4. The molecule has 3 N–H and O–H groups in total. The molecule has 7 nitrogen and oxygen atoms in total. The third kappa shape index (κ3) is 17.9. The standard InChI is InChI=1S/C11H26N2O5S/c1-19(14)13-3-5-16-7-9-18-11-10-17-8-6-15-4-2-12/h13H,2-12H2,1H3. The van der Waals surface area contributed by atoms with Crippen LogP contribution in [-0.4, -0.2) is 76.4 Å². The van der Waals surface area contributed by atoms with E-state index in [1.54, 1.807) is 6.26 Å². The minimum absolute atomic E-state index is 0.525. The van der Waals surface area contributed by atoms with Crippen LogP contribution in [0.5, 0.6) is 0 Å². The molecule has 0 rings (SSSR count). The van der Waals surface area contributed by atoms with Crippen LogP contribution in [0.2, 0.25) is 0 Å². The predicted molar refractivity (Wildman–Crippen MR) is 74.4 cm³/mol. The third-order valence-electron chi connectivity index (χ3n) is 1.93. The van der Waals surface area contributed by atoms with Crippen molar-refractivity contribution in [3.63, 3.8) is 0 Å². The highest BCUT2D eigenvalue weighted by atomic mass is 32.2. The molecule has 0 fully saturated rings. The van der Waals surface area contributed by atoms with Crippen molar-refractivity contribution >= 4 is 11.0 Å². The van der Waals surface area contributed by atoms with Gasteiger partial charge in [0.15, 0.2) is 0 Å². The van der Waals surface area contributed by atoms with E-state index in [1.807, 2.05) is 0 Å². The summed E-state index contributed by atoms with van der Waals surface area (Å²) in [5.41, 5.74) is 5.27. The Balaban J connectivity index is 2.93. The Labute approximate surface area is 117 Å². The van der Waals surface area contributed by atoms with Crippen LogP contribution in [-0.2, 0) is 29.9 Å². The molecule has 0 saturated carbocycles. The van der Waals surface area contributed by atoms with Gasteiger partial charge in [-0.1, -0.05) is 0 Å². The van der Waals surface area contributed by atoms with Crippen molar-refractivity contribution in [1.29, 1.82) is 0 Å². The number of rotatable bonds is 15. The lowest BCUT2D eigenvalue weighted by atomic mass is 10.6. The monoisotopic (exact) mass is 298 g/mol. The van der Waals surface area contributed by atoms with Gasteiger partial charge in [0, 0.05) is 19.3 Å². The van der Waals surface area contributed by atoms with Gasteiger partial charge in [-0.05, 0) is 0 Å². The molecule has 0 spiro atoms. The summed E-state index contributed by atoms with van der Waals surface area (Å²) in [6, 6.07) is 0. The molecule has 0 radical (unpaired) electrons. The smallest absolute Gasteiger partial charge is 0.0884 e. The maximum Gasteiger partial charge on any atom is 0.0884 e. The molecule has 0 amide bonds. The van der Waals surface area contributed by atoms with Crippen molar-refractivity contribution in [2.24, 2.45) is 5.73 Å². The summed E-state index contributed by atoms with van der Waals surface area (Å²) in [6.45, 7) is 5.46. The zero-order valence-electron chi connectivity index (χ0n) is 11.6. The van der Waals surface area contributed by atoms with Crippen LogP contribution in [0.1, 0.15) is 0 Å². The van der Waals surface area contributed by atoms with Crippen LogP contribution < -0.4 is 10.5 Å². The molecule has 0 aliphatic rings. The van der Waals surface area contributed by atoms with Gasteiger partial charge in [0.2, 0.25) is 0 Å². The second-order valence-electron chi connectivity index (χ2n) is 3.59. The van der Waals surface area contributed by atoms with Crippen molar-refractivity contribution in [3.8, 4) is 0 Å². The Bertz CT molecular complexity index is 210. The van der Waals surface area contributed by atoms with E-state index < -0.39 is 11.0 Å². The average molecular weight is 298 g/mol. The molecule has 0 saturated heterocycles. The largest absolute Gasteiger partial charge is 0.378 e. The fourth-order valence-corrected chi connectivity index (χ4v) is 1.47. The molecule has 0 aromatic carbocycles. The first-order chi connectivity index (χ1) is 9.27. The summed E-state index contributed by atoms with van der Waals surface area (Å²) in [6.07, 6.45) is 1.59. The number of hydrogen-bond donors (Lipinski definition) is 2. The Morgan fingerprint density at radius 3 is 1.68 bits per heavy atom. The van der Waals surface area contributed by atoms with Gasteiger partial charge in [0.25, 0.3) is 0 Å². The third-order valence-corrected chi connectivity index (χ3v) is 2.54. The molecule has 0 aromatic heterocycles. The summed E-state index contributed by atoms with van der Waals surface area (Å²) in [5, 5.41) is 0. The highest BCUT2D eigenvalue weighted by Crippen LogP contribution is 1.82. The quantitative estimate of drug-likeness (QED) is 0.373. The van der Waals surface area contributed by atoms with Gasteiger partial charge in [-0.15, -0.1) is 0 Å². The van der Waals surface area contributed by atoms with Crippen LogP contribution >= 0.6 is 0 Å². The summed E-state index contributed by atoms with van der Waals surface area (Å²) >= 11 is 0. The van der Waals surface area contributed by atoms with E-state index in [0.717, 1.165) is 0 Å². The lowest BCUT2D eigenvalue weighted by Crippen LogP contribution is -2.22. The predicted octanol–water partition coefficient (Wildman–Crippen LogP) is -1.11. The van der Waals surface area contributed by atoms with Gasteiger partial charge < -0.3 is 24.7 Å². The van der Waals surface area contributed by atoms with Gasteiger partial charge in [-0.25, -0.2) is 8.93 Å². The summed E-state index contributed by atoms with van der Waals surface area (Å²) in [7, 11) is -0.977. The highest BCUT2D eigenvalue weighted by molar-refractivity contribution is 7.82. The van der Waals surface area contributed by atoms with E-state index in [-0.39, 0.29) is 0 Å². The number of nitrogens with one attached hydrogen (secondary N) is 1. The summed E-state index contributed by atoms with van der Waals surface area (Å²) in [5.74, 6) is 0. The minimum atomic E-state index is -0.977. The van der Waals surface area contributed by atoms with Crippen molar-refractivity contribution < 1.29 is 23.2 Å². The van der Waals surface area contributed by atoms with Crippen LogP contribution in [0.25, 0.3) is 0 Å². The Kier molecular flexibility index (Phi) is 15.9. The second kappa shape index (κ2) is 16.0. The zero-order valence-corrected chi connectivity index (χ0v) is 12.4. The first-order valence-electron chi connectivity index (χ1n) is 6.35. The molecule has 1 unspecified atom stereocenters. The molecule has 0 heterocycles. The van der Waals surface area contributed by atoms with Crippen LogP contribution in [0.15, 0.2) is 0 Å². The molecule has 0 aliphatic heterocycles. The van der Waals surface area contributed by atoms with Crippen molar-refractivity contribution in [2.75, 3.05) is 72.2 Å². The zero-order chi connectivity index (χ0) is 14.2. The molecule has 0 aliphatic carbocycles. The molecular formula is C11H26N2O5S. The maximum absolute atomic E-state index is 10.7. The topological polar surface area (TPSA) is 92.0 Å². The van der Waals surface area contributed by atoms with Crippen molar-refractivity contribution in [2.45, 2.75) is 0 Å². The summed E-state index contributed by atoms with van der Waals surface area (Å²) in [4.78, 5) is 0. The Hall–Kier alpha value is -0.0900. The van der Waals surface area contributed by atoms with Crippen LogP contribution in [0, 0.1) is 0 Å². The second-order valence-corrected chi connectivity index (χ2v) is 4.78. The lowest BCUT2D eigenvalue weighted by Gasteiger charge is -2.07. The van der Waals surface area contributed by atoms with Gasteiger partial charge >= 0.3 is 0 Å². The molecule has 0 aromatic rings. The molecule has 1 atom stereocenters. The van der Waals surface area contributed by atoms with Gasteiger partial charge in [-0.3, -0.25) is 0 Å². The number of nitrogens with two attached hydrogens (primary N) is 1. The Morgan fingerprint density at radius 1 is 0.842 bits per heavy atom. The van der Waals surface area contributed by atoms with Crippen molar-refractivity contribution in [3.05, 3.63) is 0 Å². The SMILES string of the molecule is CS(=O)NCCOCCOCCOCCOCCN. The fraction of sp³-hybridized carbons (Fsp3) is 1.00. The molecule has 0 bridgehead atoms. The first kappa shape index (κ1) is 18.9. The molecular weight excluding hydrogens is 272 g/mol. The van der Waals surface area contributed by atoms with E-state index in [0.29, 0.717) is 65.9 Å². The van der Waals surface area contributed by atoms with Gasteiger partial charge in [-0.2, -0.15) is 0 Å². The Morgan fingerprint density at radius 2 is 1.26 bits per heavy atom. The van der Waals surface area contributed by atoms with E-state index in [9.17, 15) is 4.21 Å². The van der Waals surface area contributed by atoms with Crippen LogP contribution in [0.3, 0.4) is 0 Å².